The minimum Gasteiger partial charge on any atom is -0.444 e. The molecular weight excluding hydrogens is 394 g/mol. The Balaban J connectivity index is 1.75. The van der Waals surface area contributed by atoms with Gasteiger partial charge in [0.05, 0.1) is 0 Å². The molecule has 0 aliphatic carbocycles. The van der Waals surface area contributed by atoms with Gasteiger partial charge in [0.25, 0.3) is 0 Å². The van der Waals surface area contributed by atoms with E-state index >= 15 is 0 Å². The Morgan fingerprint density at radius 2 is 1.71 bits per heavy atom. The third-order valence-corrected chi connectivity index (χ3v) is 3.97. The summed E-state index contributed by atoms with van der Waals surface area (Å²) in [5.74, 6) is -0.555. The first-order chi connectivity index (χ1) is 14.6. The first-order valence-electron chi connectivity index (χ1n) is 9.99. The topological polar surface area (TPSA) is 96.5 Å². The zero-order valence-corrected chi connectivity index (χ0v) is 18.3. The van der Waals surface area contributed by atoms with Crippen molar-refractivity contribution in [2.75, 3.05) is 11.9 Å². The largest absolute Gasteiger partial charge is 0.444 e. The van der Waals surface area contributed by atoms with Crippen molar-refractivity contribution in [3.63, 3.8) is 0 Å². The van der Waals surface area contributed by atoms with Crippen LogP contribution in [0.1, 0.15) is 37.5 Å². The van der Waals surface area contributed by atoms with Crippen LogP contribution >= 0.6 is 0 Å². The van der Waals surface area contributed by atoms with Gasteiger partial charge in [0.1, 0.15) is 12.1 Å². The van der Waals surface area contributed by atoms with Gasteiger partial charge >= 0.3 is 6.09 Å². The molecule has 31 heavy (non-hydrogen) atoms. The van der Waals surface area contributed by atoms with E-state index in [0.717, 1.165) is 16.7 Å². The van der Waals surface area contributed by atoms with Crippen LogP contribution in [0.25, 0.3) is 6.08 Å². The van der Waals surface area contributed by atoms with Crippen molar-refractivity contribution in [3.8, 4) is 0 Å². The third-order valence-electron chi connectivity index (χ3n) is 3.97. The fourth-order valence-corrected chi connectivity index (χ4v) is 2.57. The summed E-state index contributed by atoms with van der Waals surface area (Å²) in [5.41, 5.74) is 2.96. The number of ether oxygens (including phenoxy) is 1. The van der Waals surface area contributed by atoms with Gasteiger partial charge in [0, 0.05) is 18.3 Å². The first-order valence-corrected chi connectivity index (χ1v) is 9.99. The molecule has 0 saturated heterocycles. The number of anilines is 1. The molecule has 0 spiro atoms. The number of alkyl carbamates (subject to hydrolysis) is 1. The molecule has 0 saturated carbocycles. The maximum atomic E-state index is 12.0. The maximum Gasteiger partial charge on any atom is 0.408 e. The number of rotatable bonds is 7. The molecule has 0 atom stereocenters. The number of carbonyl (C=O) groups is 3. The summed E-state index contributed by atoms with van der Waals surface area (Å²) in [6.45, 7) is 7.41. The van der Waals surface area contributed by atoms with Gasteiger partial charge in [-0.2, -0.15) is 0 Å². The van der Waals surface area contributed by atoms with Gasteiger partial charge in [-0.3, -0.25) is 9.59 Å². The van der Waals surface area contributed by atoms with E-state index in [-0.39, 0.29) is 18.4 Å². The average molecular weight is 424 g/mol. The van der Waals surface area contributed by atoms with Gasteiger partial charge in [-0.15, -0.1) is 0 Å². The van der Waals surface area contributed by atoms with Crippen molar-refractivity contribution < 1.29 is 19.1 Å². The van der Waals surface area contributed by atoms with Gasteiger partial charge in [0.15, 0.2) is 0 Å². The van der Waals surface area contributed by atoms with Gasteiger partial charge in [0.2, 0.25) is 11.8 Å². The van der Waals surface area contributed by atoms with Gasteiger partial charge < -0.3 is 20.7 Å². The van der Waals surface area contributed by atoms with Crippen LogP contribution in [0.3, 0.4) is 0 Å². The van der Waals surface area contributed by atoms with E-state index in [0.29, 0.717) is 12.2 Å². The molecule has 0 aromatic heterocycles. The molecule has 0 fully saturated rings. The standard InChI is InChI=1S/C24H29N3O4/c1-17-6-5-7-18(14-17)10-13-21(28)25-15-19-8-11-20(12-9-19)27-22(29)16-26-23(30)31-24(2,3)4/h5-14H,15-16H2,1-4H3,(H,25,28)(H,26,30)(H,27,29)/b13-10+. The average Bonchev–Trinajstić information content (AvgIpc) is 2.69. The van der Waals surface area contributed by atoms with Crippen LogP contribution in [0.4, 0.5) is 10.5 Å². The number of carbonyl (C=O) groups excluding carboxylic acids is 3. The highest BCUT2D eigenvalue weighted by molar-refractivity contribution is 5.94. The summed E-state index contributed by atoms with van der Waals surface area (Å²) >= 11 is 0. The van der Waals surface area contributed by atoms with Crippen LogP contribution < -0.4 is 16.0 Å². The summed E-state index contributed by atoms with van der Waals surface area (Å²) in [6, 6.07) is 15.0. The lowest BCUT2D eigenvalue weighted by Crippen LogP contribution is -2.37. The lowest BCUT2D eigenvalue weighted by Gasteiger charge is -2.19. The monoisotopic (exact) mass is 423 g/mol. The fourth-order valence-electron chi connectivity index (χ4n) is 2.57. The summed E-state index contributed by atoms with van der Waals surface area (Å²) in [5, 5.41) is 7.91. The van der Waals surface area contributed by atoms with E-state index in [1.807, 2.05) is 43.3 Å². The van der Waals surface area contributed by atoms with Crippen LogP contribution in [-0.2, 0) is 20.9 Å². The Bertz CT molecular complexity index is 944. The first kappa shape index (κ1) is 23.7. The zero-order chi connectivity index (χ0) is 22.9. The van der Waals surface area contributed by atoms with Crippen LogP contribution in [0.2, 0.25) is 0 Å². The second-order valence-electron chi connectivity index (χ2n) is 8.07. The summed E-state index contributed by atoms with van der Waals surface area (Å²) in [7, 11) is 0. The minimum atomic E-state index is -0.648. The molecule has 3 amide bonds. The Morgan fingerprint density at radius 1 is 1.00 bits per heavy atom. The van der Waals surface area contributed by atoms with E-state index in [2.05, 4.69) is 16.0 Å². The Hall–Kier alpha value is -3.61. The summed E-state index contributed by atoms with van der Waals surface area (Å²) in [4.78, 5) is 35.5. The number of hydrogen-bond donors (Lipinski definition) is 3. The molecular formula is C24H29N3O4. The number of amides is 3. The molecule has 164 valence electrons. The molecule has 7 heteroatoms. The van der Waals surface area contributed by atoms with E-state index in [1.54, 1.807) is 39.0 Å². The van der Waals surface area contributed by atoms with Crippen molar-refractivity contribution >= 4 is 29.7 Å². The third kappa shape index (κ3) is 9.62. The molecule has 2 aromatic carbocycles. The highest BCUT2D eigenvalue weighted by Gasteiger charge is 2.16. The molecule has 2 aromatic rings. The summed E-state index contributed by atoms with van der Waals surface area (Å²) < 4.78 is 5.08. The molecule has 2 rings (SSSR count). The lowest BCUT2D eigenvalue weighted by atomic mass is 10.1. The molecule has 0 heterocycles. The van der Waals surface area contributed by atoms with E-state index in [4.69, 9.17) is 4.74 Å². The van der Waals surface area contributed by atoms with Crippen LogP contribution in [0.15, 0.2) is 54.6 Å². The number of benzene rings is 2. The van der Waals surface area contributed by atoms with E-state index in [1.165, 1.54) is 6.08 Å². The molecule has 7 nitrogen and oxygen atoms in total. The SMILES string of the molecule is Cc1cccc(/C=C/C(=O)NCc2ccc(NC(=O)CNC(=O)OC(C)(C)C)cc2)c1. The predicted octanol–water partition coefficient (Wildman–Crippen LogP) is 3.79. The number of aryl methyl sites for hydroxylation is 1. The lowest BCUT2D eigenvalue weighted by molar-refractivity contribution is -0.117. The van der Waals surface area contributed by atoms with Crippen LogP contribution in [0.5, 0.6) is 0 Å². The fraction of sp³-hybridized carbons (Fsp3) is 0.292. The van der Waals surface area contributed by atoms with Gasteiger partial charge in [-0.1, -0.05) is 42.0 Å². The van der Waals surface area contributed by atoms with E-state index in [9.17, 15) is 14.4 Å². The smallest absolute Gasteiger partial charge is 0.408 e. The minimum absolute atomic E-state index is 0.188. The van der Waals surface area contributed by atoms with Crippen LogP contribution in [-0.4, -0.2) is 30.1 Å². The molecule has 0 unspecified atom stereocenters. The highest BCUT2D eigenvalue weighted by atomic mass is 16.6. The molecule has 0 aliphatic heterocycles. The number of nitrogens with one attached hydrogen (secondary N) is 3. The zero-order valence-electron chi connectivity index (χ0n) is 18.3. The maximum absolute atomic E-state index is 12.0. The second-order valence-corrected chi connectivity index (χ2v) is 8.07. The van der Waals surface area contributed by atoms with Crippen molar-refractivity contribution in [1.82, 2.24) is 10.6 Å². The van der Waals surface area contributed by atoms with E-state index < -0.39 is 11.7 Å². The van der Waals surface area contributed by atoms with Gasteiger partial charge in [-0.05, 0) is 57.0 Å². The summed E-state index contributed by atoms with van der Waals surface area (Å²) in [6.07, 6.45) is 2.62. The van der Waals surface area contributed by atoms with Crippen molar-refractivity contribution in [2.45, 2.75) is 39.8 Å². The highest BCUT2D eigenvalue weighted by Crippen LogP contribution is 2.10. The molecule has 3 N–H and O–H groups in total. The Labute approximate surface area is 182 Å². The number of hydrogen-bond acceptors (Lipinski definition) is 4. The Kier molecular flexibility index (Phi) is 8.37. The molecule has 0 radical (unpaired) electrons. The normalized spacial score (nSPS) is 11.1. The molecule has 0 bridgehead atoms. The predicted molar refractivity (Wildman–Crippen MR) is 121 cm³/mol. The van der Waals surface area contributed by atoms with Crippen molar-refractivity contribution in [1.29, 1.82) is 0 Å². The van der Waals surface area contributed by atoms with Crippen LogP contribution in [0, 0.1) is 6.92 Å². The van der Waals surface area contributed by atoms with Gasteiger partial charge in [-0.25, -0.2) is 4.79 Å². The Morgan fingerprint density at radius 3 is 2.35 bits per heavy atom. The van der Waals surface area contributed by atoms with Crippen molar-refractivity contribution in [2.24, 2.45) is 0 Å². The van der Waals surface area contributed by atoms with Crippen molar-refractivity contribution in [3.05, 3.63) is 71.3 Å². The second kappa shape index (κ2) is 11.0. The molecule has 0 aliphatic rings. The quantitative estimate of drug-likeness (QED) is 0.591.